The number of aliphatic hydroxyl groups is 2. The topological polar surface area (TPSA) is 138 Å². The number of fused-ring (bicyclic) bond motifs is 1. The van der Waals surface area contributed by atoms with Gasteiger partial charge in [-0.25, -0.2) is 15.0 Å². The van der Waals surface area contributed by atoms with Crippen molar-refractivity contribution in [1.82, 2.24) is 19.5 Å². The van der Waals surface area contributed by atoms with Gasteiger partial charge in [-0.3, -0.25) is 4.57 Å². The first kappa shape index (κ1) is 13.5. The zero-order valence-electron chi connectivity index (χ0n) is 10.9. The van der Waals surface area contributed by atoms with E-state index in [9.17, 15) is 10.2 Å². The Balaban J connectivity index is 1.98. The van der Waals surface area contributed by atoms with E-state index in [2.05, 4.69) is 24.7 Å². The number of nitrogen functional groups attached to an aromatic ring is 1. The monoisotopic (exact) mass is 295 g/mol. The molecule has 1 saturated heterocycles. The molecule has 3 heterocycles. The van der Waals surface area contributed by atoms with Crippen LogP contribution < -0.4 is 5.73 Å². The summed E-state index contributed by atoms with van der Waals surface area (Å²) in [6.45, 7) is 0. The number of hydrogen-bond donors (Lipinski definition) is 3. The van der Waals surface area contributed by atoms with Crippen LogP contribution in [0.1, 0.15) is 6.23 Å². The Morgan fingerprint density at radius 1 is 1.38 bits per heavy atom. The molecule has 3 atom stereocenters. The molecular weight excluding hydrogens is 282 g/mol. The molecule has 2 unspecified atom stereocenters. The van der Waals surface area contributed by atoms with Crippen LogP contribution in [0.2, 0.25) is 0 Å². The van der Waals surface area contributed by atoms with E-state index in [0.29, 0.717) is 11.2 Å². The fraction of sp³-hybridized carbons (Fsp3) is 0.364. The minimum Gasteiger partial charge on any atom is -0.465 e. The van der Waals surface area contributed by atoms with Crippen molar-refractivity contribution in [3.8, 4) is 0 Å². The predicted molar refractivity (Wildman–Crippen MR) is 68.0 cm³/mol. The second-order valence-corrected chi connectivity index (χ2v) is 4.31. The molecule has 2 aromatic heterocycles. The van der Waals surface area contributed by atoms with Crippen molar-refractivity contribution in [2.75, 3.05) is 12.8 Å². The Kier molecular flexibility index (Phi) is 3.33. The van der Waals surface area contributed by atoms with Gasteiger partial charge in [-0.05, 0) is 0 Å². The summed E-state index contributed by atoms with van der Waals surface area (Å²) in [5, 5.41) is 20.0. The lowest BCUT2D eigenvalue weighted by Gasteiger charge is -2.15. The van der Waals surface area contributed by atoms with E-state index in [4.69, 9.17) is 10.5 Å². The Hall–Kier alpha value is -2.43. The molecule has 21 heavy (non-hydrogen) atoms. The molecule has 1 fully saturated rings. The van der Waals surface area contributed by atoms with E-state index < -0.39 is 18.4 Å². The number of imidazole rings is 1. The van der Waals surface area contributed by atoms with Gasteiger partial charge in [0.25, 0.3) is 0 Å². The number of hydrogen-bond acceptors (Lipinski definition) is 9. The van der Waals surface area contributed by atoms with Gasteiger partial charge in [0, 0.05) is 0 Å². The molecule has 3 rings (SSSR count). The van der Waals surface area contributed by atoms with Crippen LogP contribution in [0.25, 0.3) is 11.2 Å². The molecule has 10 heteroatoms. The molecule has 0 spiro atoms. The summed E-state index contributed by atoms with van der Waals surface area (Å²) in [5.41, 5.74) is 6.46. The molecule has 0 bridgehead atoms. The van der Waals surface area contributed by atoms with Gasteiger partial charge in [-0.2, -0.15) is 4.89 Å². The van der Waals surface area contributed by atoms with Crippen molar-refractivity contribution < 1.29 is 24.7 Å². The Bertz CT molecular complexity index is 687. The lowest BCUT2D eigenvalue weighted by molar-refractivity contribution is -0.225. The number of aromatic nitrogens is 4. The summed E-state index contributed by atoms with van der Waals surface area (Å²) in [5.74, 6) is 0.239. The molecule has 0 radical (unpaired) electrons. The molecule has 4 N–H and O–H groups in total. The Labute approximate surface area is 118 Å². The van der Waals surface area contributed by atoms with Crippen LogP contribution in [0.15, 0.2) is 24.7 Å². The molecule has 1 aliphatic heterocycles. The number of nitrogens with two attached hydrogens (primary N) is 1. The first-order chi connectivity index (χ1) is 10.1. The third-order valence-electron chi connectivity index (χ3n) is 3.09. The van der Waals surface area contributed by atoms with E-state index >= 15 is 0 Å². The van der Waals surface area contributed by atoms with Crippen LogP contribution in [-0.4, -0.2) is 49.0 Å². The van der Waals surface area contributed by atoms with Gasteiger partial charge < -0.3 is 25.6 Å². The van der Waals surface area contributed by atoms with Gasteiger partial charge in [0.05, 0.1) is 7.11 Å². The number of anilines is 1. The maximum absolute atomic E-state index is 10.1. The minimum absolute atomic E-state index is 0.0261. The molecule has 0 aliphatic carbocycles. The highest BCUT2D eigenvalue weighted by atomic mass is 17.2. The average molecular weight is 295 g/mol. The average Bonchev–Trinajstić information content (AvgIpc) is 3.02. The third-order valence-corrected chi connectivity index (χ3v) is 3.09. The minimum atomic E-state index is -1.26. The van der Waals surface area contributed by atoms with Crippen molar-refractivity contribution in [2.24, 2.45) is 0 Å². The second-order valence-electron chi connectivity index (χ2n) is 4.31. The molecule has 0 aromatic carbocycles. The summed E-state index contributed by atoms with van der Waals surface area (Å²) >= 11 is 0. The highest BCUT2D eigenvalue weighted by Gasteiger charge is 2.42. The highest BCUT2D eigenvalue weighted by molar-refractivity contribution is 5.81. The van der Waals surface area contributed by atoms with E-state index in [-0.39, 0.29) is 11.6 Å². The summed E-state index contributed by atoms with van der Waals surface area (Å²) < 4.78 is 6.91. The zero-order valence-corrected chi connectivity index (χ0v) is 10.9. The molecule has 0 saturated carbocycles. The summed E-state index contributed by atoms with van der Waals surface area (Å²) in [6, 6.07) is 0. The normalized spacial score (nSPS) is 27.2. The summed E-state index contributed by atoms with van der Waals surface area (Å²) in [7, 11) is 1.30. The van der Waals surface area contributed by atoms with Gasteiger partial charge in [0.15, 0.2) is 23.5 Å². The van der Waals surface area contributed by atoms with Gasteiger partial charge in [0.1, 0.15) is 30.4 Å². The standard InChI is InChI=1S/C11H13N5O5/c1-19-20-2-5-7(17)8(18)11(21-5)16-4-15-6-9(12)13-3-14-10(6)16/h2-4,7-8,11,17-18H,1H3,(H2,12,13,14)/t7?,8?,11-/m1/s1. The van der Waals surface area contributed by atoms with Crippen molar-refractivity contribution in [3.63, 3.8) is 0 Å². The predicted octanol–water partition coefficient (Wildman–Crippen LogP) is -0.922. The SMILES string of the molecule is COOC=C1O[C@@H](n2cnc3c(N)ncnc32)C(O)C1O. The van der Waals surface area contributed by atoms with Crippen molar-refractivity contribution in [2.45, 2.75) is 18.4 Å². The van der Waals surface area contributed by atoms with Gasteiger partial charge >= 0.3 is 0 Å². The van der Waals surface area contributed by atoms with Crippen LogP contribution in [0.5, 0.6) is 0 Å². The van der Waals surface area contributed by atoms with Crippen molar-refractivity contribution >= 4 is 17.0 Å². The molecular formula is C11H13N5O5. The summed E-state index contributed by atoms with van der Waals surface area (Å²) in [6.07, 6.45) is 0.323. The lowest BCUT2D eigenvalue weighted by atomic mass is 10.2. The lowest BCUT2D eigenvalue weighted by Crippen LogP contribution is -2.27. The van der Waals surface area contributed by atoms with Crippen molar-refractivity contribution in [1.29, 1.82) is 0 Å². The Morgan fingerprint density at radius 2 is 2.19 bits per heavy atom. The van der Waals surface area contributed by atoms with Crippen LogP contribution in [0.3, 0.4) is 0 Å². The number of ether oxygens (including phenoxy) is 1. The molecule has 0 amide bonds. The maximum Gasteiger partial charge on any atom is 0.207 e. The molecule has 10 nitrogen and oxygen atoms in total. The van der Waals surface area contributed by atoms with Crippen molar-refractivity contribution in [3.05, 3.63) is 24.7 Å². The fourth-order valence-electron chi connectivity index (χ4n) is 2.07. The van der Waals surface area contributed by atoms with Gasteiger partial charge in [-0.1, -0.05) is 0 Å². The largest absolute Gasteiger partial charge is 0.465 e. The fourth-order valence-corrected chi connectivity index (χ4v) is 2.07. The zero-order chi connectivity index (χ0) is 15.0. The molecule has 1 aliphatic rings. The van der Waals surface area contributed by atoms with Crippen LogP contribution in [0, 0.1) is 0 Å². The summed E-state index contributed by atoms with van der Waals surface area (Å²) in [4.78, 5) is 20.9. The number of nitrogens with zero attached hydrogens (tertiary/aromatic N) is 4. The first-order valence-electron chi connectivity index (χ1n) is 5.98. The second kappa shape index (κ2) is 5.16. The molecule has 112 valence electrons. The Morgan fingerprint density at radius 3 is 2.95 bits per heavy atom. The van der Waals surface area contributed by atoms with E-state index in [1.807, 2.05) is 0 Å². The van der Waals surface area contributed by atoms with Gasteiger partial charge in [-0.15, -0.1) is 0 Å². The first-order valence-corrected chi connectivity index (χ1v) is 5.98. The maximum atomic E-state index is 10.1. The molecule has 2 aromatic rings. The third kappa shape index (κ3) is 2.14. The van der Waals surface area contributed by atoms with Crippen LogP contribution >= 0.6 is 0 Å². The van der Waals surface area contributed by atoms with E-state index in [0.717, 1.165) is 6.26 Å². The van der Waals surface area contributed by atoms with E-state index in [1.54, 1.807) is 0 Å². The van der Waals surface area contributed by atoms with E-state index in [1.165, 1.54) is 24.3 Å². The number of aliphatic hydroxyl groups excluding tert-OH is 2. The van der Waals surface area contributed by atoms with Crippen LogP contribution in [0.4, 0.5) is 5.82 Å². The van der Waals surface area contributed by atoms with Gasteiger partial charge in [0.2, 0.25) is 6.23 Å². The smallest absolute Gasteiger partial charge is 0.207 e. The highest BCUT2D eigenvalue weighted by Crippen LogP contribution is 2.33. The number of rotatable bonds is 3. The van der Waals surface area contributed by atoms with Crippen LogP contribution in [-0.2, 0) is 14.5 Å². The quantitative estimate of drug-likeness (QED) is 0.372.